The summed E-state index contributed by atoms with van der Waals surface area (Å²) in [7, 11) is 0. The number of benzene rings is 1. The number of aromatic nitrogens is 3. The second-order valence-electron chi connectivity index (χ2n) is 5.42. The van der Waals surface area contributed by atoms with E-state index in [0.717, 1.165) is 37.1 Å². The molecule has 1 aromatic carbocycles. The van der Waals surface area contributed by atoms with E-state index in [1.807, 2.05) is 0 Å². The van der Waals surface area contributed by atoms with Crippen LogP contribution in [0.25, 0.3) is 11.0 Å². The molecule has 0 radical (unpaired) electrons. The fourth-order valence-corrected chi connectivity index (χ4v) is 3.28. The van der Waals surface area contributed by atoms with Crippen LogP contribution in [0.15, 0.2) is 36.7 Å². The lowest BCUT2D eigenvalue weighted by atomic mass is 10.1. The van der Waals surface area contributed by atoms with Gasteiger partial charge in [0.1, 0.15) is 17.1 Å². The lowest BCUT2D eigenvalue weighted by Crippen LogP contribution is -2.29. The van der Waals surface area contributed by atoms with Crippen LogP contribution in [0.1, 0.15) is 16.8 Å². The van der Waals surface area contributed by atoms with Crippen LogP contribution in [0.2, 0.25) is 5.15 Å². The van der Waals surface area contributed by atoms with E-state index < -0.39 is 0 Å². The van der Waals surface area contributed by atoms with E-state index in [1.165, 1.54) is 23.1 Å². The Morgan fingerprint density at radius 2 is 2.05 bits per heavy atom. The fraction of sp³-hybridized carbons (Fsp3) is 0.250. The number of fused-ring (bicyclic) bond motifs is 3. The van der Waals surface area contributed by atoms with Crippen LogP contribution in [0, 0.1) is 0 Å². The van der Waals surface area contributed by atoms with Crippen LogP contribution in [0.3, 0.4) is 0 Å². The van der Waals surface area contributed by atoms with Gasteiger partial charge >= 0.3 is 0 Å². The SMILES string of the molecule is Clc1ncnc2[nH]c3c(c12)CN(Cc1ccccc1)CC3. The van der Waals surface area contributed by atoms with Crippen molar-refractivity contribution in [1.29, 1.82) is 0 Å². The highest BCUT2D eigenvalue weighted by molar-refractivity contribution is 6.34. The number of aromatic amines is 1. The molecule has 0 amide bonds. The summed E-state index contributed by atoms with van der Waals surface area (Å²) in [6, 6.07) is 10.6. The van der Waals surface area contributed by atoms with Gasteiger partial charge in [0.25, 0.3) is 0 Å². The van der Waals surface area contributed by atoms with E-state index in [2.05, 4.69) is 50.2 Å². The summed E-state index contributed by atoms with van der Waals surface area (Å²) in [5.74, 6) is 0. The lowest BCUT2D eigenvalue weighted by Gasteiger charge is -2.27. The summed E-state index contributed by atoms with van der Waals surface area (Å²) in [5.41, 5.74) is 4.68. The molecule has 1 N–H and O–H groups in total. The van der Waals surface area contributed by atoms with Crippen molar-refractivity contribution in [3.8, 4) is 0 Å². The molecule has 0 bridgehead atoms. The first-order valence-electron chi connectivity index (χ1n) is 7.07. The minimum atomic E-state index is 0.541. The second kappa shape index (κ2) is 5.13. The van der Waals surface area contributed by atoms with E-state index in [4.69, 9.17) is 11.6 Å². The van der Waals surface area contributed by atoms with E-state index in [1.54, 1.807) is 0 Å². The highest BCUT2D eigenvalue weighted by Crippen LogP contribution is 2.30. The van der Waals surface area contributed by atoms with Crippen LogP contribution < -0.4 is 0 Å². The van der Waals surface area contributed by atoms with Crippen molar-refractivity contribution in [1.82, 2.24) is 19.9 Å². The molecule has 1 aliphatic heterocycles. The van der Waals surface area contributed by atoms with E-state index in [0.29, 0.717) is 5.15 Å². The van der Waals surface area contributed by atoms with Crippen molar-refractivity contribution in [3.05, 3.63) is 58.6 Å². The van der Waals surface area contributed by atoms with Crippen LogP contribution in [0.5, 0.6) is 0 Å². The third-order valence-corrected chi connectivity index (χ3v) is 4.33. The minimum Gasteiger partial charge on any atom is -0.343 e. The maximum atomic E-state index is 6.25. The molecule has 0 unspecified atom stereocenters. The largest absolute Gasteiger partial charge is 0.343 e. The Balaban J connectivity index is 1.66. The monoisotopic (exact) mass is 298 g/mol. The maximum Gasteiger partial charge on any atom is 0.142 e. The topological polar surface area (TPSA) is 44.8 Å². The predicted molar refractivity (Wildman–Crippen MR) is 83.2 cm³/mol. The Bertz CT molecular complexity index is 782. The molecule has 1 aliphatic rings. The molecule has 5 heteroatoms. The molecule has 0 saturated heterocycles. The average molecular weight is 299 g/mol. The molecular weight excluding hydrogens is 284 g/mol. The Hall–Kier alpha value is -1.91. The molecule has 4 rings (SSSR count). The van der Waals surface area contributed by atoms with Gasteiger partial charge in [0.05, 0.1) is 5.39 Å². The van der Waals surface area contributed by atoms with Gasteiger partial charge in [-0.1, -0.05) is 41.9 Å². The number of hydrogen-bond acceptors (Lipinski definition) is 3. The van der Waals surface area contributed by atoms with E-state index in [-0.39, 0.29) is 0 Å². The molecule has 3 heterocycles. The quantitative estimate of drug-likeness (QED) is 0.739. The predicted octanol–water partition coefficient (Wildman–Crippen LogP) is 3.17. The normalized spacial score (nSPS) is 15.3. The van der Waals surface area contributed by atoms with Gasteiger partial charge in [0.2, 0.25) is 0 Å². The molecule has 21 heavy (non-hydrogen) atoms. The zero-order chi connectivity index (χ0) is 14.2. The molecule has 3 aromatic rings. The number of nitrogens with zero attached hydrogens (tertiary/aromatic N) is 3. The Morgan fingerprint density at radius 1 is 1.19 bits per heavy atom. The Morgan fingerprint density at radius 3 is 2.90 bits per heavy atom. The molecule has 0 aliphatic carbocycles. The first-order valence-corrected chi connectivity index (χ1v) is 7.45. The van der Waals surface area contributed by atoms with Gasteiger partial charge in [-0.2, -0.15) is 0 Å². The maximum absolute atomic E-state index is 6.25. The van der Waals surface area contributed by atoms with Crippen molar-refractivity contribution in [2.24, 2.45) is 0 Å². The third kappa shape index (κ3) is 2.30. The second-order valence-corrected chi connectivity index (χ2v) is 5.77. The van der Waals surface area contributed by atoms with Crippen molar-refractivity contribution in [2.75, 3.05) is 6.54 Å². The van der Waals surface area contributed by atoms with Crippen molar-refractivity contribution < 1.29 is 0 Å². The number of nitrogens with one attached hydrogen (secondary N) is 1. The van der Waals surface area contributed by atoms with Gasteiger partial charge in [-0.25, -0.2) is 9.97 Å². The van der Waals surface area contributed by atoms with Gasteiger partial charge in [-0.15, -0.1) is 0 Å². The van der Waals surface area contributed by atoms with Crippen molar-refractivity contribution >= 4 is 22.6 Å². The lowest BCUT2D eigenvalue weighted by molar-refractivity contribution is 0.245. The molecule has 2 aromatic heterocycles. The van der Waals surface area contributed by atoms with Crippen LogP contribution in [-0.2, 0) is 19.5 Å². The Kier molecular flexibility index (Phi) is 3.13. The first-order chi connectivity index (χ1) is 10.3. The van der Waals surface area contributed by atoms with E-state index in [9.17, 15) is 0 Å². The highest BCUT2D eigenvalue weighted by atomic mass is 35.5. The van der Waals surface area contributed by atoms with Crippen molar-refractivity contribution in [2.45, 2.75) is 19.5 Å². The van der Waals surface area contributed by atoms with E-state index >= 15 is 0 Å². The first kappa shape index (κ1) is 12.8. The van der Waals surface area contributed by atoms with Gasteiger partial charge in [-0.3, -0.25) is 4.90 Å². The summed E-state index contributed by atoms with van der Waals surface area (Å²) >= 11 is 6.25. The third-order valence-electron chi connectivity index (χ3n) is 4.05. The summed E-state index contributed by atoms with van der Waals surface area (Å²) < 4.78 is 0. The molecule has 0 fully saturated rings. The molecular formula is C16H15ClN4. The smallest absolute Gasteiger partial charge is 0.142 e. The Labute approximate surface area is 127 Å². The molecule has 0 atom stereocenters. The van der Waals surface area contributed by atoms with Crippen LogP contribution in [0.4, 0.5) is 0 Å². The van der Waals surface area contributed by atoms with Gasteiger partial charge in [-0.05, 0) is 11.1 Å². The summed E-state index contributed by atoms with van der Waals surface area (Å²) in [4.78, 5) is 14.2. The fourth-order valence-electron chi connectivity index (χ4n) is 3.03. The number of rotatable bonds is 2. The standard InChI is InChI=1S/C16H15ClN4/c17-15-14-12-9-21(8-11-4-2-1-3-5-11)7-6-13(12)20-16(14)19-10-18-15/h1-5,10H,6-9H2,(H,18,19,20). The molecule has 0 spiro atoms. The van der Waals surface area contributed by atoms with Gasteiger partial charge in [0.15, 0.2) is 0 Å². The average Bonchev–Trinajstić information content (AvgIpc) is 2.87. The zero-order valence-electron chi connectivity index (χ0n) is 11.5. The molecule has 0 saturated carbocycles. The van der Waals surface area contributed by atoms with Crippen LogP contribution in [-0.4, -0.2) is 26.4 Å². The summed E-state index contributed by atoms with van der Waals surface area (Å²) in [5, 5.41) is 1.52. The highest BCUT2D eigenvalue weighted by Gasteiger charge is 2.22. The zero-order valence-corrected chi connectivity index (χ0v) is 12.3. The number of halogens is 1. The molecule has 4 nitrogen and oxygen atoms in total. The number of H-pyrrole nitrogens is 1. The summed E-state index contributed by atoms with van der Waals surface area (Å²) in [6.07, 6.45) is 2.50. The molecule has 106 valence electrons. The number of hydrogen-bond donors (Lipinski definition) is 1. The van der Waals surface area contributed by atoms with Gasteiger partial charge in [0, 0.05) is 31.7 Å². The van der Waals surface area contributed by atoms with Gasteiger partial charge < -0.3 is 4.98 Å². The minimum absolute atomic E-state index is 0.541. The summed E-state index contributed by atoms with van der Waals surface area (Å²) in [6.45, 7) is 2.88. The van der Waals surface area contributed by atoms with Crippen molar-refractivity contribution in [3.63, 3.8) is 0 Å². The van der Waals surface area contributed by atoms with Crippen LogP contribution >= 0.6 is 11.6 Å².